The Morgan fingerprint density at radius 2 is 1.32 bits per heavy atom. The maximum atomic E-state index is 5.48. The van der Waals surface area contributed by atoms with Crippen LogP contribution >= 0.6 is 0 Å². The van der Waals surface area contributed by atoms with Gasteiger partial charge >= 0.3 is 0 Å². The first-order valence-electron chi connectivity index (χ1n) is 14.4. The lowest BCUT2D eigenvalue weighted by Crippen LogP contribution is -2.28. The Bertz CT molecular complexity index is 666. The molecule has 1 aliphatic rings. The summed E-state index contributed by atoms with van der Waals surface area (Å²) in [5.74, 6) is 0. The van der Waals surface area contributed by atoms with Crippen molar-refractivity contribution in [3.8, 4) is 0 Å². The van der Waals surface area contributed by atoms with E-state index in [4.69, 9.17) is 4.74 Å². The van der Waals surface area contributed by atoms with Gasteiger partial charge in [-0.05, 0) is 110 Å². The van der Waals surface area contributed by atoms with E-state index >= 15 is 0 Å². The summed E-state index contributed by atoms with van der Waals surface area (Å²) < 4.78 is 5.48. The van der Waals surface area contributed by atoms with Crippen LogP contribution in [0.5, 0.6) is 0 Å². The van der Waals surface area contributed by atoms with E-state index in [1.807, 2.05) is 51.6 Å². The summed E-state index contributed by atoms with van der Waals surface area (Å²) >= 11 is 0. The topological polar surface area (TPSA) is 94.3 Å². The average Bonchev–Trinajstić information content (AvgIpc) is 3.48. The summed E-state index contributed by atoms with van der Waals surface area (Å²) in [6.07, 6.45) is 8.32. The van der Waals surface area contributed by atoms with Crippen molar-refractivity contribution in [2.24, 2.45) is 0 Å². The fourth-order valence-corrected chi connectivity index (χ4v) is 3.79. The Labute approximate surface area is 232 Å². The molecule has 1 saturated heterocycles. The molecule has 0 spiro atoms. The van der Waals surface area contributed by atoms with E-state index in [2.05, 4.69) is 61.2 Å². The van der Waals surface area contributed by atoms with Gasteiger partial charge in [0.15, 0.2) is 0 Å². The molecule has 0 saturated carbocycles. The third-order valence-electron chi connectivity index (χ3n) is 5.94. The third kappa shape index (κ3) is 21.1. The molecular weight excluding hydrogens is 474 g/mol. The lowest BCUT2D eigenvalue weighted by molar-refractivity contribution is 0.110. The molecule has 216 valence electrons. The zero-order valence-electron chi connectivity index (χ0n) is 24.2. The lowest BCUT2D eigenvalue weighted by atomic mass is 10.2. The summed E-state index contributed by atoms with van der Waals surface area (Å²) in [5, 5.41) is 19.5. The summed E-state index contributed by atoms with van der Waals surface area (Å²) in [7, 11) is 5.94. The van der Waals surface area contributed by atoms with Crippen LogP contribution in [0.15, 0.2) is 54.7 Å². The van der Waals surface area contributed by atoms with Gasteiger partial charge in [0.05, 0.1) is 11.8 Å². The van der Waals surface area contributed by atoms with Gasteiger partial charge in [0, 0.05) is 32.4 Å². The molecule has 1 atom stereocenters. The molecule has 1 fully saturated rings. The van der Waals surface area contributed by atoms with Gasteiger partial charge in [-0.2, -0.15) is 0 Å². The molecule has 2 heterocycles. The lowest BCUT2D eigenvalue weighted by Gasteiger charge is -2.09. The van der Waals surface area contributed by atoms with Crippen LogP contribution in [0.4, 0.5) is 0 Å². The van der Waals surface area contributed by atoms with Gasteiger partial charge in [-0.25, -0.2) is 0 Å². The SMILES string of the molecule is CNCCCNCC1CCCO1.CNCCCNCc1ccccc1.CNCCCNCc1ccccn1. The minimum absolute atomic E-state index is 0.486. The van der Waals surface area contributed by atoms with Crippen LogP contribution in [0.1, 0.15) is 43.4 Å². The molecule has 3 rings (SSSR count). The molecule has 0 radical (unpaired) electrons. The molecule has 0 amide bonds. The van der Waals surface area contributed by atoms with E-state index in [1.54, 1.807) is 0 Å². The zero-order valence-corrected chi connectivity index (χ0v) is 24.2. The van der Waals surface area contributed by atoms with Crippen LogP contribution in [-0.2, 0) is 17.8 Å². The van der Waals surface area contributed by atoms with Gasteiger partial charge in [-0.1, -0.05) is 36.4 Å². The number of pyridine rings is 1. The quantitative estimate of drug-likeness (QED) is 0.164. The first-order valence-corrected chi connectivity index (χ1v) is 14.4. The van der Waals surface area contributed by atoms with Crippen LogP contribution in [0, 0.1) is 0 Å². The summed E-state index contributed by atoms with van der Waals surface area (Å²) in [6.45, 7) is 10.3. The molecule has 1 unspecified atom stereocenters. The molecular formula is C30H55N7O. The molecule has 1 aromatic carbocycles. The van der Waals surface area contributed by atoms with Crippen molar-refractivity contribution in [1.82, 2.24) is 36.9 Å². The van der Waals surface area contributed by atoms with Gasteiger partial charge in [0.1, 0.15) is 0 Å². The number of rotatable bonds is 18. The molecule has 0 bridgehead atoms. The summed E-state index contributed by atoms with van der Waals surface area (Å²) in [4.78, 5) is 4.22. The first kappa shape index (κ1) is 34.1. The van der Waals surface area contributed by atoms with Crippen molar-refractivity contribution in [2.45, 2.75) is 51.3 Å². The predicted octanol–water partition coefficient (Wildman–Crippen LogP) is 2.53. The minimum atomic E-state index is 0.486. The number of ether oxygens (including phenoxy) is 1. The molecule has 8 heteroatoms. The second kappa shape index (κ2) is 26.7. The number of hydrogen-bond acceptors (Lipinski definition) is 8. The van der Waals surface area contributed by atoms with Crippen LogP contribution in [0.2, 0.25) is 0 Å². The Kier molecular flexibility index (Phi) is 24.0. The Hall–Kier alpha value is -1.91. The summed E-state index contributed by atoms with van der Waals surface area (Å²) in [6, 6.07) is 16.5. The highest BCUT2D eigenvalue weighted by Crippen LogP contribution is 2.10. The maximum Gasteiger partial charge on any atom is 0.0700 e. The van der Waals surface area contributed by atoms with Crippen molar-refractivity contribution in [1.29, 1.82) is 0 Å². The van der Waals surface area contributed by atoms with Crippen LogP contribution in [0.3, 0.4) is 0 Å². The number of nitrogens with zero attached hydrogens (tertiary/aromatic N) is 1. The van der Waals surface area contributed by atoms with E-state index in [1.165, 1.54) is 31.2 Å². The fraction of sp³-hybridized carbons (Fsp3) is 0.633. The van der Waals surface area contributed by atoms with Crippen molar-refractivity contribution in [2.75, 3.05) is 73.6 Å². The molecule has 1 aliphatic heterocycles. The second-order valence-corrected chi connectivity index (χ2v) is 9.37. The molecule has 38 heavy (non-hydrogen) atoms. The van der Waals surface area contributed by atoms with Crippen LogP contribution in [-0.4, -0.2) is 84.7 Å². The Morgan fingerprint density at radius 1 is 0.711 bits per heavy atom. The second-order valence-electron chi connectivity index (χ2n) is 9.37. The van der Waals surface area contributed by atoms with Crippen molar-refractivity contribution < 1.29 is 4.74 Å². The maximum absolute atomic E-state index is 5.48. The van der Waals surface area contributed by atoms with Gasteiger partial charge in [0.25, 0.3) is 0 Å². The molecule has 2 aromatic rings. The Balaban J connectivity index is 0.000000285. The highest BCUT2D eigenvalue weighted by molar-refractivity contribution is 5.14. The standard InChI is InChI=1S/C11H18N2.C10H17N3.C9H20N2O/c1-12-8-5-9-13-10-11-6-3-2-4-7-11;1-11-6-4-7-12-9-10-5-2-3-8-13-10;1-10-5-3-6-11-8-9-4-2-7-12-9/h2-4,6-7,12-13H,5,8-10H2,1H3;2-3,5,8,11-12H,4,6-7,9H2,1H3;9-11H,2-8H2,1H3. The van der Waals surface area contributed by atoms with Gasteiger partial charge in [-0.3, -0.25) is 4.98 Å². The number of hydrogen-bond donors (Lipinski definition) is 6. The van der Waals surface area contributed by atoms with Crippen LogP contribution in [0.25, 0.3) is 0 Å². The zero-order chi connectivity index (χ0) is 27.4. The molecule has 8 nitrogen and oxygen atoms in total. The minimum Gasteiger partial charge on any atom is -0.377 e. The highest BCUT2D eigenvalue weighted by atomic mass is 16.5. The van der Waals surface area contributed by atoms with Crippen molar-refractivity contribution >= 4 is 0 Å². The number of nitrogens with one attached hydrogen (secondary N) is 6. The van der Waals surface area contributed by atoms with E-state index in [0.29, 0.717) is 6.10 Å². The monoisotopic (exact) mass is 529 g/mol. The van der Waals surface area contributed by atoms with Gasteiger partial charge in [-0.15, -0.1) is 0 Å². The van der Waals surface area contributed by atoms with Gasteiger partial charge < -0.3 is 36.6 Å². The van der Waals surface area contributed by atoms with Crippen molar-refractivity contribution in [3.63, 3.8) is 0 Å². The van der Waals surface area contributed by atoms with E-state index in [0.717, 1.165) is 77.6 Å². The fourth-order valence-electron chi connectivity index (χ4n) is 3.79. The predicted molar refractivity (Wildman–Crippen MR) is 162 cm³/mol. The third-order valence-corrected chi connectivity index (χ3v) is 5.94. The largest absolute Gasteiger partial charge is 0.377 e. The average molecular weight is 530 g/mol. The van der Waals surface area contributed by atoms with E-state index in [9.17, 15) is 0 Å². The number of benzene rings is 1. The molecule has 0 aliphatic carbocycles. The van der Waals surface area contributed by atoms with E-state index in [-0.39, 0.29) is 0 Å². The van der Waals surface area contributed by atoms with Crippen molar-refractivity contribution in [3.05, 3.63) is 66.0 Å². The highest BCUT2D eigenvalue weighted by Gasteiger charge is 2.13. The number of aromatic nitrogens is 1. The Morgan fingerprint density at radius 3 is 1.87 bits per heavy atom. The summed E-state index contributed by atoms with van der Waals surface area (Å²) in [5.41, 5.74) is 2.46. The van der Waals surface area contributed by atoms with E-state index < -0.39 is 0 Å². The van der Waals surface area contributed by atoms with Crippen LogP contribution < -0.4 is 31.9 Å². The van der Waals surface area contributed by atoms with Gasteiger partial charge in [0.2, 0.25) is 0 Å². The first-order chi connectivity index (χ1) is 18.8. The normalized spacial score (nSPS) is 14.3. The molecule has 6 N–H and O–H groups in total. The smallest absolute Gasteiger partial charge is 0.0700 e. The molecule has 1 aromatic heterocycles.